The van der Waals surface area contributed by atoms with E-state index in [1.807, 2.05) is 18.7 Å². The van der Waals surface area contributed by atoms with E-state index in [0.717, 1.165) is 6.54 Å². The number of carboxylic acids is 1. The van der Waals surface area contributed by atoms with E-state index in [1.165, 1.54) is 12.8 Å². The summed E-state index contributed by atoms with van der Waals surface area (Å²) >= 11 is 1.82. The third kappa shape index (κ3) is 3.05. The molecule has 0 spiro atoms. The van der Waals surface area contributed by atoms with Crippen molar-refractivity contribution < 1.29 is 14.7 Å². The standard InChI is InChI=1S/C14H24N2O3S/c1-3-13(11(17)18)6-8-16(9-7-13)12(19)15-10-14(20-2)4-5-14/h3-10H2,1-2H3,(H,15,19)(H,17,18). The number of hydrogen-bond donors (Lipinski definition) is 2. The first kappa shape index (κ1) is 15.5. The zero-order chi connectivity index (χ0) is 14.8. The van der Waals surface area contributed by atoms with Crippen LogP contribution in [0.5, 0.6) is 0 Å². The third-order valence-electron chi connectivity index (χ3n) is 4.94. The van der Waals surface area contributed by atoms with Crippen LogP contribution in [0.15, 0.2) is 0 Å². The summed E-state index contributed by atoms with van der Waals surface area (Å²) in [4.78, 5) is 25.2. The van der Waals surface area contributed by atoms with Crippen molar-refractivity contribution in [2.24, 2.45) is 5.41 Å². The molecule has 2 fully saturated rings. The Kier molecular flexibility index (Phi) is 4.52. The summed E-state index contributed by atoms with van der Waals surface area (Å²) < 4.78 is 0.264. The molecule has 0 radical (unpaired) electrons. The molecule has 0 aromatic carbocycles. The Morgan fingerprint density at radius 2 is 1.85 bits per heavy atom. The van der Waals surface area contributed by atoms with Gasteiger partial charge in [-0.25, -0.2) is 4.79 Å². The molecule has 1 aliphatic heterocycles. The minimum absolute atomic E-state index is 0.0413. The van der Waals surface area contributed by atoms with Crippen LogP contribution in [0.2, 0.25) is 0 Å². The van der Waals surface area contributed by atoms with Gasteiger partial charge in [-0.05, 0) is 38.4 Å². The summed E-state index contributed by atoms with van der Waals surface area (Å²) in [5.74, 6) is -0.723. The number of aliphatic carboxylic acids is 1. The van der Waals surface area contributed by atoms with E-state index < -0.39 is 11.4 Å². The maximum atomic E-state index is 12.1. The fraction of sp³-hybridized carbons (Fsp3) is 0.857. The molecule has 0 aromatic heterocycles. The molecule has 0 atom stereocenters. The summed E-state index contributed by atoms with van der Waals surface area (Å²) in [6, 6.07) is -0.0413. The van der Waals surface area contributed by atoms with E-state index in [2.05, 4.69) is 11.6 Å². The second-order valence-electron chi connectivity index (χ2n) is 5.97. The second kappa shape index (κ2) is 5.84. The molecular weight excluding hydrogens is 276 g/mol. The fourth-order valence-electron chi connectivity index (χ4n) is 2.80. The molecule has 2 rings (SSSR count). The Morgan fingerprint density at radius 1 is 1.25 bits per heavy atom. The Morgan fingerprint density at radius 3 is 2.25 bits per heavy atom. The number of carbonyl (C=O) groups excluding carboxylic acids is 1. The van der Waals surface area contributed by atoms with Gasteiger partial charge in [-0.15, -0.1) is 0 Å². The van der Waals surface area contributed by atoms with Gasteiger partial charge in [0.05, 0.1) is 5.41 Å². The van der Waals surface area contributed by atoms with Gasteiger partial charge in [0.25, 0.3) is 0 Å². The zero-order valence-electron chi connectivity index (χ0n) is 12.3. The van der Waals surface area contributed by atoms with Crippen molar-refractivity contribution in [2.75, 3.05) is 25.9 Å². The van der Waals surface area contributed by atoms with Gasteiger partial charge in [-0.1, -0.05) is 6.92 Å². The van der Waals surface area contributed by atoms with Gasteiger partial charge in [-0.3, -0.25) is 4.79 Å². The number of rotatable bonds is 5. The number of carbonyl (C=O) groups is 2. The molecule has 114 valence electrons. The maximum Gasteiger partial charge on any atom is 0.317 e. The van der Waals surface area contributed by atoms with Gasteiger partial charge in [0, 0.05) is 24.4 Å². The molecule has 2 N–H and O–H groups in total. The van der Waals surface area contributed by atoms with Gasteiger partial charge in [0.1, 0.15) is 0 Å². The number of nitrogens with zero attached hydrogens (tertiary/aromatic N) is 1. The number of hydrogen-bond acceptors (Lipinski definition) is 3. The van der Waals surface area contributed by atoms with Crippen LogP contribution in [-0.2, 0) is 4.79 Å². The zero-order valence-corrected chi connectivity index (χ0v) is 13.1. The van der Waals surface area contributed by atoms with Gasteiger partial charge in [0.2, 0.25) is 0 Å². The van der Waals surface area contributed by atoms with Gasteiger partial charge in [-0.2, -0.15) is 11.8 Å². The van der Waals surface area contributed by atoms with Gasteiger partial charge in [0.15, 0.2) is 0 Å². The predicted octanol–water partition coefficient (Wildman–Crippen LogP) is 2.17. The fourth-order valence-corrected chi connectivity index (χ4v) is 3.52. The normalized spacial score (nSPS) is 23.2. The number of likely N-dealkylation sites (tertiary alicyclic amines) is 1. The van der Waals surface area contributed by atoms with Crippen LogP contribution in [0, 0.1) is 5.41 Å². The van der Waals surface area contributed by atoms with Crippen LogP contribution < -0.4 is 5.32 Å². The largest absolute Gasteiger partial charge is 0.481 e. The van der Waals surface area contributed by atoms with E-state index in [9.17, 15) is 14.7 Å². The molecular formula is C14H24N2O3S. The summed E-state index contributed by atoms with van der Waals surface area (Å²) in [6.07, 6.45) is 6.18. The Labute approximate surface area is 124 Å². The van der Waals surface area contributed by atoms with Gasteiger partial charge >= 0.3 is 12.0 Å². The highest BCUT2D eigenvalue weighted by atomic mass is 32.2. The molecule has 0 aromatic rings. The van der Waals surface area contributed by atoms with E-state index in [0.29, 0.717) is 32.4 Å². The minimum atomic E-state index is -0.723. The lowest BCUT2D eigenvalue weighted by molar-refractivity contribution is -0.151. The van der Waals surface area contributed by atoms with Crippen LogP contribution >= 0.6 is 11.8 Å². The van der Waals surface area contributed by atoms with Crippen LogP contribution in [0.3, 0.4) is 0 Å². The number of thioether (sulfide) groups is 1. The number of piperidine rings is 1. The highest BCUT2D eigenvalue weighted by Gasteiger charge is 2.43. The summed E-state index contributed by atoms with van der Waals surface area (Å²) in [7, 11) is 0. The molecule has 0 unspecified atom stereocenters. The molecule has 0 bridgehead atoms. The van der Waals surface area contributed by atoms with Crippen LogP contribution in [0.1, 0.15) is 39.0 Å². The topological polar surface area (TPSA) is 69.6 Å². The van der Waals surface area contributed by atoms with Crippen LogP contribution in [0.25, 0.3) is 0 Å². The first-order valence-corrected chi connectivity index (χ1v) is 8.51. The molecule has 1 saturated heterocycles. The molecule has 1 heterocycles. The van der Waals surface area contributed by atoms with Gasteiger partial charge < -0.3 is 15.3 Å². The average molecular weight is 300 g/mol. The highest BCUT2D eigenvalue weighted by Crippen LogP contribution is 2.46. The van der Waals surface area contributed by atoms with Crippen molar-refractivity contribution in [1.82, 2.24) is 10.2 Å². The van der Waals surface area contributed by atoms with Crippen molar-refractivity contribution >= 4 is 23.8 Å². The summed E-state index contributed by atoms with van der Waals surface area (Å²) in [5, 5.41) is 12.3. The lowest BCUT2D eigenvalue weighted by Gasteiger charge is -2.38. The number of amides is 2. The monoisotopic (exact) mass is 300 g/mol. The third-order valence-corrected chi connectivity index (χ3v) is 6.36. The first-order valence-electron chi connectivity index (χ1n) is 7.28. The van der Waals surface area contributed by atoms with Crippen molar-refractivity contribution in [1.29, 1.82) is 0 Å². The number of carboxylic acid groups (broad SMARTS) is 1. The molecule has 2 amide bonds. The predicted molar refractivity (Wildman–Crippen MR) is 80.0 cm³/mol. The quantitative estimate of drug-likeness (QED) is 0.816. The molecule has 6 heteroatoms. The lowest BCUT2D eigenvalue weighted by Crippen LogP contribution is -2.50. The first-order chi connectivity index (χ1) is 9.47. The Balaban J connectivity index is 1.81. The van der Waals surface area contributed by atoms with Crippen LogP contribution in [-0.4, -0.2) is 52.6 Å². The van der Waals surface area contributed by atoms with Crippen molar-refractivity contribution in [3.8, 4) is 0 Å². The number of urea groups is 1. The molecule has 5 nitrogen and oxygen atoms in total. The van der Waals surface area contributed by atoms with E-state index in [4.69, 9.17) is 0 Å². The molecule has 1 saturated carbocycles. The van der Waals surface area contributed by atoms with Crippen molar-refractivity contribution in [2.45, 2.75) is 43.8 Å². The average Bonchev–Trinajstić information content (AvgIpc) is 3.25. The molecule has 2 aliphatic rings. The maximum absolute atomic E-state index is 12.1. The smallest absolute Gasteiger partial charge is 0.317 e. The minimum Gasteiger partial charge on any atom is -0.481 e. The molecule has 20 heavy (non-hydrogen) atoms. The SMILES string of the molecule is CCC1(C(=O)O)CCN(C(=O)NCC2(SC)CC2)CC1. The van der Waals surface area contributed by atoms with Crippen molar-refractivity contribution in [3.63, 3.8) is 0 Å². The Hall–Kier alpha value is -0.910. The lowest BCUT2D eigenvalue weighted by atomic mass is 9.76. The number of nitrogens with one attached hydrogen (secondary N) is 1. The summed E-state index contributed by atoms with van der Waals surface area (Å²) in [5.41, 5.74) is -0.631. The van der Waals surface area contributed by atoms with E-state index in [-0.39, 0.29) is 10.8 Å². The van der Waals surface area contributed by atoms with E-state index in [1.54, 1.807) is 4.90 Å². The second-order valence-corrected chi connectivity index (χ2v) is 7.25. The van der Waals surface area contributed by atoms with Crippen LogP contribution in [0.4, 0.5) is 4.79 Å². The molecule has 1 aliphatic carbocycles. The van der Waals surface area contributed by atoms with E-state index >= 15 is 0 Å². The summed E-state index contributed by atoms with van der Waals surface area (Å²) in [6.45, 7) is 3.72. The Bertz CT molecular complexity index is 388. The van der Waals surface area contributed by atoms with Crippen molar-refractivity contribution in [3.05, 3.63) is 0 Å². The highest BCUT2D eigenvalue weighted by molar-refractivity contribution is 8.00.